The highest BCUT2D eigenvalue weighted by molar-refractivity contribution is 5.91. The van der Waals surface area contributed by atoms with E-state index >= 15 is 0 Å². The Labute approximate surface area is 92.5 Å². The number of aromatic amines is 1. The molecule has 0 aliphatic heterocycles. The molecule has 0 saturated carbocycles. The van der Waals surface area contributed by atoms with E-state index in [0.29, 0.717) is 5.69 Å². The van der Waals surface area contributed by atoms with Crippen LogP contribution >= 0.6 is 0 Å². The second-order valence-electron chi connectivity index (χ2n) is 3.69. The molecule has 0 radical (unpaired) electrons. The van der Waals surface area contributed by atoms with Gasteiger partial charge >= 0.3 is 0 Å². The number of nitrogens with zero attached hydrogens (tertiary/aromatic N) is 1. The van der Waals surface area contributed by atoms with E-state index in [0.717, 1.165) is 11.3 Å². The highest BCUT2D eigenvalue weighted by atomic mass is 16.1. The van der Waals surface area contributed by atoms with Gasteiger partial charge in [0.1, 0.15) is 5.69 Å². The van der Waals surface area contributed by atoms with Gasteiger partial charge in [0, 0.05) is 13.0 Å². The second kappa shape index (κ2) is 3.81. The minimum absolute atomic E-state index is 0.149. The summed E-state index contributed by atoms with van der Waals surface area (Å²) >= 11 is 0. The van der Waals surface area contributed by atoms with Gasteiger partial charge in [-0.1, -0.05) is 18.2 Å². The fraction of sp³-hybridized carbons (Fsp3) is 0.167. The molecule has 1 aromatic carbocycles. The zero-order chi connectivity index (χ0) is 11.7. The predicted octanol–water partition coefficient (Wildman–Crippen LogP) is 1.68. The number of hydrogen-bond acceptors (Lipinski definition) is 2. The number of benzene rings is 1. The molecule has 0 atom stereocenters. The van der Waals surface area contributed by atoms with Crippen molar-refractivity contribution in [2.24, 2.45) is 0 Å². The molecular formula is C12H12N2O2. The van der Waals surface area contributed by atoms with Crippen LogP contribution in [0.25, 0.3) is 5.69 Å². The van der Waals surface area contributed by atoms with E-state index in [9.17, 15) is 9.59 Å². The third kappa shape index (κ3) is 1.69. The van der Waals surface area contributed by atoms with Crippen molar-refractivity contribution in [2.75, 3.05) is 0 Å². The second-order valence-corrected chi connectivity index (χ2v) is 3.69. The molecule has 0 fully saturated rings. The summed E-state index contributed by atoms with van der Waals surface area (Å²) in [7, 11) is 0. The van der Waals surface area contributed by atoms with Gasteiger partial charge in [-0.25, -0.2) is 4.68 Å². The summed E-state index contributed by atoms with van der Waals surface area (Å²) in [6.45, 7) is 3.34. The average molecular weight is 216 g/mol. The normalized spacial score (nSPS) is 10.4. The van der Waals surface area contributed by atoms with Gasteiger partial charge in [-0.15, -0.1) is 0 Å². The number of nitrogens with one attached hydrogen (secondary N) is 1. The number of aryl methyl sites for hydroxylation is 1. The van der Waals surface area contributed by atoms with Crippen molar-refractivity contribution in [3.63, 3.8) is 0 Å². The molecule has 0 bridgehead atoms. The van der Waals surface area contributed by atoms with Crippen molar-refractivity contribution in [1.82, 2.24) is 9.78 Å². The van der Waals surface area contributed by atoms with Crippen LogP contribution in [0.4, 0.5) is 0 Å². The number of rotatable bonds is 2. The van der Waals surface area contributed by atoms with Gasteiger partial charge in [-0.05, 0) is 18.6 Å². The van der Waals surface area contributed by atoms with Crippen LogP contribution in [0.15, 0.2) is 35.1 Å². The zero-order valence-corrected chi connectivity index (χ0v) is 9.15. The van der Waals surface area contributed by atoms with Crippen LogP contribution in [0.3, 0.4) is 0 Å². The lowest BCUT2D eigenvalue weighted by molar-refractivity contribution is 0.101. The van der Waals surface area contributed by atoms with E-state index in [4.69, 9.17) is 0 Å². The van der Waals surface area contributed by atoms with Gasteiger partial charge in [0.05, 0.1) is 5.69 Å². The summed E-state index contributed by atoms with van der Waals surface area (Å²) in [4.78, 5) is 22.8. The molecule has 2 rings (SSSR count). The van der Waals surface area contributed by atoms with Crippen molar-refractivity contribution < 1.29 is 4.79 Å². The SMILES string of the molecule is CC(=O)c1cc(=O)n(-c2ccccc2C)[nH]1. The Morgan fingerprint density at radius 2 is 2.00 bits per heavy atom. The lowest BCUT2D eigenvalue weighted by Crippen LogP contribution is -2.14. The maximum Gasteiger partial charge on any atom is 0.271 e. The maximum absolute atomic E-state index is 11.7. The summed E-state index contributed by atoms with van der Waals surface area (Å²) in [5, 5.41) is 2.79. The summed E-state index contributed by atoms with van der Waals surface area (Å²) in [6.07, 6.45) is 0. The largest absolute Gasteiger partial charge is 0.293 e. The Morgan fingerprint density at radius 3 is 2.56 bits per heavy atom. The Hall–Kier alpha value is -2.10. The van der Waals surface area contributed by atoms with Crippen LogP contribution in [0, 0.1) is 6.92 Å². The topological polar surface area (TPSA) is 54.9 Å². The van der Waals surface area contributed by atoms with Crippen molar-refractivity contribution in [1.29, 1.82) is 0 Å². The molecule has 0 spiro atoms. The lowest BCUT2D eigenvalue weighted by Gasteiger charge is -2.04. The predicted molar refractivity (Wildman–Crippen MR) is 61.1 cm³/mol. The molecule has 4 nitrogen and oxygen atoms in total. The molecule has 0 unspecified atom stereocenters. The zero-order valence-electron chi connectivity index (χ0n) is 9.15. The molecule has 0 aliphatic rings. The fourth-order valence-corrected chi connectivity index (χ4v) is 1.57. The number of ketones is 1. The van der Waals surface area contributed by atoms with Crippen molar-refractivity contribution in [3.05, 3.63) is 51.9 Å². The lowest BCUT2D eigenvalue weighted by atomic mass is 10.2. The van der Waals surface area contributed by atoms with Gasteiger partial charge in [0.2, 0.25) is 0 Å². The average Bonchev–Trinajstić information content (AvgIpc) is 2.61. The number of carbonyl (C=O) groups excluding carboxylic acids is 1. The highest BCUT2D eigenvalue weighted by Crippen LogP contribution is 2.10. The van der Waals surface area contributed by atoms with E-state index in [2.05, 4.69) is 5.10 Å². The van der Waals surface area contributed by atoms with Gasteiger partial charge in [-0.3, -0.25) is 14.7 Å². The first-order valence-electron chi connectivity index (χ1n) is 4.98. The number of hydrogen-bond donors (Lipinski definition) is 1. The maximum atomic E-state index is 11.7. The Balaban J connectivity index is 2.61. The molecule has 82 valence electrons. The van der Waals surface area contributed by atoms with E-state index in [1.165, 1.54) is 17.7 Å². The number of H-pyrrole nitrogens is 1. The number of aromatic nitrogens is 2. The van der Waals surface area contributed by atoms with Crippen LogP contribution < -0.4 is 5.56 Å². The molecule has 4 heteroatoms. The van der Waals surface area contributed by atoms with E-state index in [1.807, 2.05) is 31.2 Å². The van der Waals surface area contributed by atoms with Crippen LogP contribution in [0.5, 0.6) is 0 Å². The van der Waals surface area contributed by atoms with Crippen LogP contribution in [-0.2, 0) is 0 Å². The number of para-hydroxylation sites is 1. The van der Waals surface area contributed by atoms with E-state index < -0.39 is 0 Å². The molecule has 2 aromatic rings. The Morgan fingerprint density at radius 1 is 1.31 bits per heavy atom. The van der Waals surface area contributed by atoms with Crippen molar-refractivity contribution >= 4 is 5.78 Å². The van der Waals surface area contributed by atoms with E-state index in [-0.39, 0.29) is 11.3 Å². The molecule has 0 saturated heterocycles. The first-order chi connectivity index (χ1) is 7.59. The molecular weight excluding hydrogens is 204 g/mol. The summed E-state index contributed by atoms with van der Waals surface area (Å²) in [5.74, 6) is -0.149. The standard InChI is InChI=1S/C12H12N2O2/c1-8-5-3-4-6-11(8)14-12(16)7-10(13-14)9(2)15/h3-7,13H,1-2H3. The van der Waals surface area contributed by atoms with Crippen molar-refractivity contribution in [2.45, 2.75) is 13.8 Å². The minimum Gasteiger partial charge on any atom is -0.293 e. The van der Waals surface area contributed by atoms with Gasteiger partial charge in [0.15, 0.2) is 5.78 Å². The summed E-state index contributed by atoms with van der Waals surface area (Å²) < 4.78 is 1.38. The molecule has 16 heavy (non-hydrogen) atoms. The molecule has 0 amide bonds. The van der Waals surface area contributed by atoms with Crippen LogP contribution in [0.1, 0.15) is 23.0 Å². The summed E-state index contributed by atoms with van der Waals surface area (Å²) in [6, 6.07) is 8.81. The first-order valence-corrected chi connectivity index (χ1v) is 4.98. The Kier molecular flexibility index (Phi) is 2.48. The molecule has 1 aromatic heterocycles. The van der Waals surface area contributed by atoms with Crippen molar-refractivity contribution in [3.8, 4) is 5.69 Å². The van der Waals surface area contributed by atoms with Gasteiger partial charge < -0.3 is 0 Å². The first kappa shape index (κ1) is 10.4. The van der Waals surface area contributed by atoms with Gasteiger partial charge in [-0.2, -0.15) is 0 Å². The third-order valence-electron chi connectivity index (χ3n) is 2.46. The van der Waals surface area contributed by atoms with Crippen LogP contribution in [0.2, 0.25) is 0 Å². The molecule has 0 aliphatic carbocycles. The van der Waals surface area contributed by atoms with Gasteiger partial charge in [0.25, 0.3) is 5.56 Å². The molecule has 1 N–H and O–H groups in total. The minimum atomic E-state index is -0.223. The highest BCUT2D eigenvalue weighted by Gasteiger charge is 2.09. The third-order valence-corrected chi connectivity index (χ3v) is 2.46. The molecule has 1 heterocycles. The van der Waals surface area contributed by atoms with E-state index in [1.54, 1.807) is 0 Å². The van der Waals surface area contributed by atoms with Crippen LogP contribution in [-0.4, -0.2) is 15.6 Å². The fourth-order valence-electron chi connectivity index (χ4n) is 1.57. The number of carbonyl (C=O) groups is 1. The number of Topliss-reactive ketones (excluding diaryl/α,β-unsaturated/α-hetero) is 1. The quantitative estimate of drug-likeness (QED) is 0.776. The monoisotopic (exact) mass is 216 g/mol. The smallest absolute Gasteiger partial charge is 0.271 e. The Bertz CT molecular complexity index is 593. The summed E-state index contributed by atoms with van der Waals surface area (Å²) in [5.41, 5.74) is 1.84.